The molecule has 0 saturated heterocycles. The summed E-state index contributed by atoms with van der Waals surface area (Å²) in [6.07, 6.45) is 0. The summed E-state index contributed by atoms with van der Waals surface area (Å²) in [7, 11) is -1.64. The first-order chi connectivity index (χ1) is 12.5. The van der Waals surface area contributed by atoms with Crippen LogP contribution in [0.4, 0.5) is 4.39 Å². The lowest BCUT2D eigenvalue weighted by atomic mass is 10.1. The number of benzene rings is 2. The highest BCUT2D eigenvalue weighted by atomic mass is 32.2. The van der Waals surface area contributed by atoms with E-state index >= 15 is 0 Å². The van der Waals surface area contributed by atoms with Crippen LogP contribution in [0.25, 0.3) is 33.2 Å². The predicted octanol–water partition coefficient (Wildman–Crippen LogP) is 4.09. The molecule has 4 aromatic rings. The summed E-state index contributed by atoms with van der Waals surface area (Å²) in [5.41, 5.74) is 2.14. The van der Waals surface area contributed by atoms with E-state index in [-0.39, 0.29) is 5.56 Å². The van der Waals surface area contributed by atoms with Crippen LogP contribution in [0.3, 0.4) is 0 Å². The van der Waals surface area contributed by atoms with Crippen LogP contribution in [0.5, 0.6) is 0 Å². The minimum Gasteiger partial charge on any atom is -0.454 e. The monoisotopic (exact) mass is 372 g/mol. The fourth-order valence-electron chi connectivity index (χ4n) is 2.74. The van der Waals surface area contributed by atoms with Crippen molar-refractivity contribution in [3.05, 3.63) is 64.7 Å². The molecule has 26 heavy (non-hydrogen) atoms. The summed E-state index contributed by atoms with van der Waals surface area (Å²) in [4.78, 5) is 15.2. The number of nitrogens with two attached hydrogens (primary N) is 1. The van der Waals surface area contributed by atoms with Crippen LogP contribution in [-0.4, -0.2) is 9.19 Å². The number of hydrogen-bond donors (Lipinski definition) is 2. The molecule has 0 saturated carbocycles. The number of rotatable bonds is 2. The van der Waals surface area contributed by atoms with Crippen molar-refractivity contribution < 1.29 is 13.0 Å². The molecule has 0 radical (unpaired) electrons. The van der Waals surface area contributed by atoms with Crippen LogP contribution in [0, 0.1) is 5.82 Å². The van der Waals surface area contributed by atoms with Crippen molar-refractivity contribution >= 4 is 33.1 Å². The molecule has 2 aromatic carbocycles. The maximum atomic E-state index is 13.5. The number of fused-ring (bicyclic) bond motifs is 3. The second-order valence-corrected chi connectivity index (χ2v) is 6.39. The van der Waals surface area contributed by atoms with Crippen LogP contribution in [0.1, 0.15) is 13.8 Å². The summed E-state index contributed by atoms with van der Waals surface area (Å²) in [5.74, 6) is -0.419. The van der Waals surface area contributed by atoms with E-state index in [1.54, 1.807) is 24.3 Å². The van der Waals surface area contributed by atoms with E-state index in [0.29, 0.717) is 38.1 Å². The molecule has 7 heteroatoms. The molecule has 0 spiro atoms. The predicted molar refractivity (Wildman–Crippen MR) is 102 cm³/mol. The van der Waals surface area contributed by atoms with Gasteiger partial charge in [-0.2, -0.15) is 0 Å². The van der Waals surface area contributed by atoms with Gasteiger partial charge in [0.25, 0.3) is 0 Å². The molecular weight excluding hydrogens is 355 g/mol. The Morgan fingerprint density at radius 3 is 2.62 bits per heavy atom. The summed E-state index contributed by atoms with van der Waals surface area (Å²) < 4.78 is 30.8. The highest BCUT2D eigenvalue weighted by Crippen LogP contribution is 2.34. The first-order valence-electron chi connectivity index (χ1n) is 8.04. The smallest absolute Gasteiger partial charge is 0.249 e. The molecule has 3 N–H and O–H groups in total. The maximum absolute atomic E-state index is 13.5. The van der Waals surface area contributed by atoms with E-state index in [1.807, 2.05) is 13.8 Å². The van der Waals surface area contributed by atoms with Gasteiger partial charge in [0.15, 0.2) is 5.58 Å². The molecule has 134 valence electrons. The second kappa shape index (κ2) is 7.23. The number of halogens is 1. The normalized spacial score (nSPS) is 12.0. The summed E-state index contributed by atoms with van der Waals surface area (Å²) in [5, 5.41) is 5.91. The van der Waals surface area contributed by atoms with Crippen molar-refractivity contribution in [1.29, 1.82) is 0 Å². The Bertz CT molecular complexity index is 1180. The van der Waals surface area contributed by atoms with Crippen molar-refractivity contribution in [1.82, 2.24) is 4.98 Å². The standard InChI is InChI=1S/C17H11FN2O3S.C2H6/c18-10-4-5-14-13(7-10)16-17(23-14)12(8-15(21)20-16)9-2-1-3-11(6-9)24(19)22;1-2/h1-8H,19H2,(H,20,21);1-2H3. The number of pyridine rings is 1. The molecule has 1 atom stereocenters. The van der Waals surface area contributed by atoms with Crippen molar-refractivity contribution in [2.45, 2.75) is 18.7 Å². The minimum absolute atomic E-state index is 0.344. The number of hydrogen-bond acceptors (Lipinski definition) is 3. The maximum Gasteiger partial charge on any atom is 0.249 e. The number of aromatic nitrogens is 1. The largest absolute Gasteiger partial charge is 0.454 e. The molecule has 2 aromatic heterocycles. The summed E-state index contributed by atoms with van der Waals surface area (Å²) in [6.45, 7) is 4.00. The molecule has 0 fully saturated rings. The summed E-state index contributed by atoms with van der Waals surface area (Å²) >= 11 is 0. The summed E-state index contributed by atoms with van der Waals surface area (Å²) in [6, 6.07) is 12.2. The van der Waals surface area contributed by atoms with Gasteiger partial charge in [0.05, 0.1) is 10.4 Å². The third-order valence-corrected chi connectivity index (χ3v) is 4.51. The van der Waals surface area contributed by atoms with E-state index < -0.39 is 16.8 Å². The number of H-pyrrole nitrogens is 1. The molecule has 0 bridgehead atoms. The Morgan fingerprint density at radius 1 is 1.12 bits per heavy atom. The number of nitrogens with one attached hydrogen (secondary N) is 1. The molecule has 0 aliphatic rings. The average Bonchev–Trinajstić information content (AvgIpc) is 3.00. The van der Waals surface area contributed by atoms with Gasteiger partial charge < -0.3 is 9.40 Å². The van der Waals surface area contributed by atoms with E-state index in [0.717, 1.165) is 0 Å². The zero-order valence-corrected chi connectivity index (χ0v) is 15.0. The third kappa shape index (κ3) is 3.18. The fraction of sp³-hybridized carbons (Fsp3) is 0.105. The van der Waals surface area contributed by atoms with Gasteiger partial charge in [0.1, 0.15) is 22.4 Å². The average molecular weight is 372 g/mol. The van der Waals surface area contributed by atoms with Crippen molar-refractivity contribution in [3.63, 3.8) is 0 Å². The Morgan fingerprint density at radius 2 is 1.88 bits per heavy atom. The van der Waals surface area contributed by atoms with Gasteiger partial charge in [-0.05, 0) is 35.9 Å². The lowest BCUT2D eigenvalue weighted by molar-refractivity contribution is 0.626. The Balaban J connectivity index is 0.000000948. The molecule has 2 heterocycles. The molecule has 0 aliphatic carbocycles. The lowest BCUT2D eigenvalue weighted by Crippen LogP contribution is -2.05. The molecule has 0 aliphatic heterocycles. The first kappa shape index (κ1) is 18.0. The van der Waals surface area contributed by atoms with Crippen LogP contribution in [0.2, 0.25) is 0 Å². The Kier molecular flexibility index (Phi) is 5.01. The van der Waals surface area contributed by atoms with Crippen LogP contribution in [0.15, 0.2) is 62.6 Å². The first-order valence-corrected chi connectivity index (χ1v) is 9.26. The van der Waals surface area contributed by atoms with Gasteiger partial charge in [0.2, 0.25) is 5.56 Å². The molecule has 4 rings (SSSR count). The molecule has 1 unspecified atom stereocenters. The Labute approximate surface area is 151 Å². The SMILES string of the molecule is CC.NS(=O)c1cccc(-c2cc(=O)[nH]c3c2oc2ccc(F)cc23)c1. The van der Waals surface area contributed by atoms with Gasteiger partial charge in [-0.25, -0.2) is 13.7 Å². The van der Waals surface area contributed by atoms with Crippen molar-refractivity contribution in [2.24, 2.45) is 5.14 Å². The van der Waals surface area contributed by atoms with Gasteiger partial charge in [-0.3, -0.25) is 4.79 Å². The zero-order valence-electron chi connectivity index (χ0n) is 14.2. The number of aromatic amines is 1. The highest BCUT2D eigenvalue weighted by molar-refractivity contribution is 7.82. The lowest BCUT2D eigenvalue weighted by Gasteiger charge is -2.04. The van der Waals surface area contributed by atoms with E-state index in [4.69, 9.17) is 9.56 Å². The third-order valence-electron chi connectivity index (χ3n) is 3.80. The van der Waals surface area contributed by atoms with E-state index in [1.165, 1.54) is 24.3 Å². The number of furan rings is 1. The fourth-order valence-corrected chi connectivity index (χ4v) is 3.20. The van der Waals surface area contributed by atoms with Gasteiger partial charge >= 0.3 is 0 Å². The van der Waals surface area contributed by atoms with Crippen molar-refractivity contribution in [3.8, 4) is 11.1 Å². The van der Waals surface area contributed by atoms with E-state index in [2.05, 4.69) is 4.98 Å². The molecule has 0 amide bonds. The minimum atomic E-state index is -1.64. The topological polar surface area (TPSA) is 89.1 Å². The molecule has 5 nitrogen and oxygen atoms in total. The van der Waals surface area contributed by atoms with Gasteiger partial charge in [-0.15, -0.1) is 0 Å². The van der Waals surface area contributed by atoms with Crippen LogP contribution >= 0.6 is 0 Å². The van der Waals surface area contributed by atoms with Crippen LogP contribution < -0.4 is 10.7 Å². The van der Waals surface area contributed by atoms with Crippen molar-refractivity contribution in [2.75, 3.05) is 0 Å². The van der Waals surface area contributed by atoms with E-state index in [9.17, 15) is 13.4 Å². The second-order valence-electron chi connectivity index (χ2n) is 5.32. The quantitative estimate of drug-likeness (QED) is 0.555. The highest BCUT2D eigenvalue weighted by Gasteiger charge is 2.15. The van der Waals surface area contributed by atoms with Gasteiger partial charge in [-0.1, -0.05) is 26.0 Å². The van der Waals surface area contributed by atoms with Gasteiger partial charge in [0, 0.05) is 17.0 Å². The zero-order chi connectivity index (χ0) is 18.8. The Hall–Kier alpha value is -2.77. The molecular formula is C19H17FN2O3S. The van der Waals surface area contributed by atoms with Crippen LogP contribution in [-0.2, 0) is 11.0 Å².